The van der Waals surface area contributed by atoms with Crippen LogP contribution in [0, 0.1) is 12.7 Å². The summed E-state index contributed by atoms with van der Waals surface area (Å²) in [6.45, 7) is 1.59. The van der Waals surface area contributed by atoms with Gasteiger partial charge in [0.25, 0.3) is 0 Å². The van der Waals surface area contributed by atoms with Crippen molar-refractivity contribution in [3.8, 4) is 5.69 Å². The van der Waals surface area contributed by atoms with Crippen molar-refractivity contribution in [3.63, 3.8) is 0 Å². The minimum atomic E-state index is -1.16. The van der Waals surface area contributed by atoms with E-state index in [-0.39, 0.29) is 28.8 Å². The van der Waals surface area contributed by atoms with Gasteiger partial charge in [-0.05, 0) is 19.1 Å². The van der Waals surface area contributed by atoms with Crippen LogP contribution < -0.4 is 0 Å². The van der Waals surface area contributed by atoms with Crippen LogP contribution in [0.2, 0.25) is 5.02 Å². The van der Waals surface area contributed by atoms with E-state index in [1.54, 1.807) is 13.0 Å². The molecule has 0 aliphatic carbocycles. The third kappa shape index (κ3) is 2.47. The van der Waals surface area contributed by atoms with Gasteiger partial charge in [0, 0.05) is 6.20 Å². The lowest BCUT2D eigenvalue weighted by Crippen LogP contribution is -1.99. The fourth-order valence-corrected chi connectivity index (χ4v) is 1.67. The molecule has 0 aliphatic heterocycles. The normalized spacial score (nSPS) is 9.94. The van der Waals surface area contributed by atoms with Crippen LogP contribution >= 0.6 is 24.0 Å². The maximum Gasteiger partial charge on any atom is 0.356 e. The molecule has 1 aromatic carbocycles. The molecule has 0 atom stereocenters. The lowest BCUT2D eigenvalue weighted by molar-refractivity contribution is 0.0691. The molecule has 0 radical (unpaired) electrons. The van der Waals surface area contributed by atoms with Gasteiger partial charge in [-0.25, -0.2) is 14.2 Å². The molecule has 0 bridgehead atoms. The molecule has 1 heterocycles. The fraction of sp³-hybridized carbons (Fsp3) is 0.0909. The van der Waals surface area contributed by atoms with Crippen molar-refractivity contribution in [2.45, 2.75) is 6.92 Å². The van der Waals surface area contributed by atoms with E-state index in [1.807, 2.05) is 0 Å². The number of aromatic carboxylic acids is 1. The largest absolute Gasteiger partial charge is 0.476 e. The summed E-state index contributed by atoms with van der Waals surface area (Å²) < 4.78 is 15.1. The molecule has 1 N–H and O–H groups in total. The molecule has 1 aromatic heterocycles. The number of carbonyl (C=O) groups is 1. The average molecular weight is 291 g/mol. The Morgan fingerprint density at radius 3 is 2.72 bits per heavy atom. The second-order valence-corrected chi connectivity index (χ2v) is 3.83. The number of hydrogen-bond acceptors (Lipinski definition) is 2. The maximum absolute atomic E-state index is 13.7. The zero-order chi connectivity index (χ0) is 12.6. The summed E-state index contributed by atoms with van der Waals surface area (Å²) in [5, 5.41) is 8.78. The minimum absolute atomic E-state index is 0. The van der Waals surface area contributed by atoms with Crippen LogP contribution in [0.25, 0.3) is 5.69 Å². The number of imidazole rings is 1. The molecule has 4 nitrogen and oxygen atoms in total. The number of carboxylic acids is 1. The predicted molar refractivity (Wildman–Crippen MR) is 67.5 cm³/mol. The highest BCUT2D eigenvalue weighted by Gasteiger charge is 2.15. The molecule has 2 rings (SSSR count). The summed E-state index contributed by atoms with van der Waals surface area (Å²) in [7, 11) is 0. The summed E-state index contributed by atoms with van der Waals surface area (Å²) in [5.41, 5.74) is 0.0388. The summed E-state index contributed by atoms with van der Waals surface area (Å²) in [4.78, 5) is 14.6. The van der Waals surface area contributed by atoms with Crippen molar-refractivity contribution in [1.82, 2.24) is 9.55 Å². The molecule has 0 fully saturated rings. The number of nitrogens with zero attached hydrogens (tertiary/aromatic N) is 2. The van der Waals surface area contributed by atoms with Crippen LogP contribution in [0.4, 0.5) is 4.39 Å². The van der Waals surface area contributed by atoms with Gasteiger partial charge >= 0.3 is 5.97 Å². The van der Waals surface area contributed by atoms with E-state index >= 15 is 0 Å². The smallest absolute Gasteiger partial charge is 0.356 e. The molecule has 0 saturated heterocycles. The third-order valence-corrected chi connectivity index (χ3v) is 2.58. The van der Waals surface area contributed by atoms with E-state index in [2.05, 4.69) is 4.98 Å². The van der Waals surface area contributed by atoms with Gasteiger partial charge in [0.15, 0.2) is 11.5 Å². The van der Waals surface area contributed by atoms with Crippen molar-refractivity contribution in [1.29, 1.82) is 0 Å². The predicted octanol–water partition coefficient (Wildman–Crippen LogP) is 3.09. The Labute approximate surface area is 113 Å². The highest BCUT2D eigenvalue weighted by atomic mass is 35.5. The molecule has 0 spiro atoms. The van der Waals surface area contributed by atoms with Crippen LogP contribution in [-0.4, -0.2) is 20.6 Å². The van der Waals surface area contributed by atoms with Gasteiger partial charge in [-0.1, -0.05) is 17.7 Å². The second kappa shape index (κ2) is 5.37. The molecular formula is C11H9Cl2FN2O2. The Morgan fingerprint density at radius 1 is 1.50 bits per heavy atom. The Balaban J connectivity index is 0.00000162. The summed E-state index contributed by atoms with van der Waals surface area (Å²) in [5.74, 6) is -1.38. The minimum Gasteiger partial charge on any atom is -0.476 e. The first-order chi connectivity index (χ1) is 8.00. The quantitative estimate of drug-likeness (QED) is 0.925. The number of aryl methyl sites for hydroxylation is 1. The van der Waals surface area contributed by atoms with Gasteiger partial charge in [0.05, 0.1) is 10.7 Å². The van der Waals surface area contributed by atoms with Gasteiger partial charge < -0.3 is 9.67 Å². The molecule has 18 heavy (non-hydrogen) atoms. The molecule has 96 valence electrons. The van der Waals surface area contributed by atoms with Crippen molar-refractivity contribution in [2.24, 2.45) is 0 Å². The van der Waals surface area contributed by atoms with Gasteiger partial charge in [-0.15, -0.1) is 12.4 Å². The van der Waals surface area contributed by atoms with E-state index in [0.717, 1.165) is 0 Å². The monoisotopic (exact) mass is 290 g/mol. The van der Waals surface area contributed by atoms with E-state index in [4.69, 9.17) is 16.7 Å². The first-order valence-electron chi connectivity index (χ1n) is 4.74. The van der Waals surface area contributed by atoms with Crippen LogP contribution in [0.1, 0.15) is 16.3 Å². The van der Waals surface area contributed by atoms with E-state index in [1.165, 1.54) is 22.9 Å². The van der Waals surface area contributed by atoms with Crippen molar-refractivity contribution in [3.05, 3.63) is 46.8 Å². The Kier molecular flexibility index (Phi) is 4.32. The van der Waals surface area contributed by atoms with Gasteiger partial charge in [-0.3, -0.25) is 0 Å². The fourth-order valence-electron chi connectivity index (χ4n) is 1.50. The molecule has 0 saturated carbocycles. The molecule has 0 aliphatic rings. The number of rotatable bonds is 2. The highest BCUT2D eigenvalue weighted by Crippen LogP contribution is 2.22. The molecular weight excluding hydrogens is 282 g/mol. The Morgan fingerprint density at radius 2 is 2.17 bits per heavy atom. The van der Waals surface area contributed by atoms with E-state index in [9.17, 15) is 9.18 Å². The number of carboxylic acid groups (broad SMARTS) is 1. The third-order valence-electron chi connectivity index (χ3n) is 2.29. The molecule has 0 unspecified atom stereocenters. The Bertz CT molecular complexity index is 599. The SMILES string of the molecule is Cc1nc(C(=O)O)cn1-c1cccc(Cl)c1F.Cl. The van der Waals surface area contributed by atoms with Crippen molar-refractivity contribution < 1.29 is 14.3 Å². The second-order valence-electron chi connectivity index (χ2n) is 3.42. The van der Waals surface area contributed by atoms with E-state index < -0.39 is 11.8 Å². The number of hydrogen-bond donors (Lipinski definition) is 1. The highest BCUT2D eigenvalue weighted by molar-refractivity contribution is 6.30. The Hall–Kier alpha value is -1.59. The standard InChI is InChI=1S/C11H8ClFN2O2.ClH/c1-6-14-8(11(16)17)5-15(6)9-4-2-3-7(12)10(9)13;/h2-5H,1H3,(H,16,17);1H. The number of benzene rings is 1. The lowest BCUT2D eigenvalue weighted by atomic mass is 10.3. The van der Waals surface area contributed by atoms with Gasteiger partial charge in [-0.2, -0.15) is 0 Å². The van der Waals surface area contributed by atoms with Crippen molar-refractivity contribution >= 4 is 30.0 Å². The first kappa shape index (κ1) is 14.5. The van der Waals surface area contributed by atoms with Crippen LogP contribution in [0.5, 0.6) is 0 Å². The molecule has 0 amide bonds. The zero-order valence-electron chi connectivity index (χ0n) is 9.22. The zero-order valence-corrected chi connectivity index (χ0v) is 10.8. The molecule has 2 aromatic rings. The maximum atomic E-state index is 13.7. The van der Waals surface area contributed by atoms with Crippen LogP contribution in [0.3, 0.4) is 0 Å². The number of halogens is 3. The lowest BCUT2D eigenvalue weighted by Gasteiger charge is -2.06. The summed E-state index contributed by atoms with van der Waals surface area (Å²) >= 11 is 5.66. The van der Waals surface area contributed by atoms with Crippen LogP contribution in [0.15, 0.2) is 24.4 Å². The molecule has 7 heteroatoms. The van der Waals surface area contributed by atoms with Gasteiger partial charge in [0.2, 0.25) is 0 Å². The number of aromatic nitrogens is 2. The van der Waals surface area contributed by atoms with E-state index in [0.29, 0.717) is 5.82 Å². The first-order valence-corrected chi connectivity index (χ1v) is 5.12. The topological polar surface area (TPSA) is 55.1 Å². The van der Waals surface area contributed by atoms with Gasteiger partial charge in [0.1, 0.15) is 5.82 Å². The van der Waals surface area contributed by atoms with Crippen LogP contribution in [-0.2, 0) is 0 Å². The van der Waals surface area contributed by atoms with Crippen molar-refractivity contribution in [2.75, 3.05) is 0 Å². The summed E-state index contributed by atoms with van der Waals surface area (Å²) in [6, 6.07) is 4.51. The summed E-state index contributed by atoms with van der Waals surface area (Å²) in [6.07, 6.45) is 1.26. The average Bonchev–Trinajstić information content (AvgIpc) is 2.65.